The van der Waals surface area contributed by atoms with Gasteiger partial charge in [-0.1, -0.05) is 36.4 Å². The molecule has 2 aliphatic heterocycles. The Labute approximate surface area is 198 Å². The zero-order valence-corrected chi connectivity index (χ0v) is 19.2. The number of amides is 3. The van der Waals surface area contributed by atoms with Crippen molar-refractivity contribution in [3.63, 3.8) is 0 Å². The molecule has 0 unspecified atom stereocenters. The van der Waals surface area contributed by atoms with Crippen molar-refractivity contribution in [1.82, 2.24) is 0 Å². The molecule has 2 aromatic carbocycles. The number of aryl methyl sites for hydroxylation is 2. The van der Waals surface area contributed by atoms with Gasteiger partial charge in [0, 0.05) is 24.7 Å². The van der Waals surface area contributed by atoms with Gasteiger partial charge in [-0.3, -0.25) is 19.2 Å². The number of carbonyl (C=O) groups excluding carboxylic acids is 4. The van der Waals surface area contributed by atoms with Gasteiger partial charge in [0.1, 0.15) is 5.75 Å². The highest BCUT2D eigenvalue weighted by atomic mass is 16.5. The number of hydrogen-bond acceptors (Lipinski definition) is 5. The van der Waals surface area contributed by atoms with E-state index in [0.717, 1.165) is 16.8 Å². The molecule has 0 N–H and O–H groups in total. The molecule has 5 rings (SSSR count). The maximum Gasteiger partial charge on any atom is 0.316 e. The summed E-state index contributed by atoms with van der Waals surface area (Å²) in [5.74, 6) is -2.06. The van der Waals surface area contributed by atoms with E-state index in [1.54, 1.807) is 29.2 Å². The average molecular weight is 459 g/mol. The molecule has 0 aromatic heterocycles. The fourth-order valence-corrected chi connectivity index (χ4v) is 5.25. The summed E-state index contributed by atoms with van der Waals surface area (Å²) in [6, 6.07) is 12.3. The van der Waals surface area contributed by atoms with Crippen molar-refractivity contribution in [3.8, 4) is 5.75 Å². The van der Waals surface area contributed by atoms with Crippen molar-refractivity contribution < 1.29 is 23.9 Å². The third-order valence-electron chi connectivity index (χ3n) is 6.97. The maximum absolute atomic E-state index is 12.9. The Morgan fingerprint density at radius 3 is 2.18 bits per heavy atom. The molecule has 0 spiro atoms. The molecule has 3 atom stereocenters. The second kappa shape index (κ2) is 8.56. The van der Waals surface area contributed by atoms with Gasteiger partial charge >= 0.3 is 5.97 Å². The highest BCUT2D eigenvalue weighted by Gasteiger charge is 2.48. The molecule has 2 fully saturated rings. The molecule has 3 amide bonds. The van der Waals surface area contributed by atoms with E-state index in [4.69, 9.17) is 4.74 Å². The van der Waals surface area contributed by atoms with Crippen molar-refractivity contribution >= 4 is 35.1 Å². The van der Waals surface area contributed by atoms with Crippen LogP contribution in [0.25, 0.3) is 0 Å². The Morgan fingerprint density at radius 2 is 1.53 bits per heavy atom. The summed E-state index contributed by atoms with van der Waals surface area (Å²) < 4.78 is 5.60. The van der Waals surface area contributed by atoms with E-state index in [0.29, 0.717) is 18.5 Å². The predicted octanol–water partition coefficient (Wildman–Crippen LogP) is 3.72. The highest BCUT2D eigenvalue weighted by Crippen LogP contribution is 2.38. The lowest BCUT2D eigenvalue weighted by Gasteiger charge is -2.21. The van der Waals surface area contributed by atoms with Crippen LogP contribution in [0, 0.1) is 31.6 Å². The lowest BCUT2D eigenvalue weighted by Crippen LogP contribution is -2.31. The van der Waals surface area contributed by atoms with Crippen molar-refractivity contribution in [2.45, 2.75) is 33.1 Å². The van der Waals surface area contributed by atoms with E-state index in [2.05, 4.69) is 0 Å². The molecule has 2 saturated heterocycles. The van der Waals surface area contributed by atoms with Crippen LogP contribution in [0.1, 0.15) is 30.4 Å². The molecule has 0 bridgehead atoms. The zero-order chi connectivity index (χ0) is 24.0. The fourth-order valence-electron chi connectivity index (χ4n) is 5.25. The molecule has 0 radical (unpaired) electrons. The normalized spacial score (nSPS) is 24.1. The second-order valence-corrected chi connectivity index (χ2v) is 9.23. The lowest BCUT2D eigenvalue weighted by atomic mass is 9.85. The fraction of sp³-hybridized carbons (Fsp3) is 0.333. The van der Waals surface area contributed by atoms with Gasteiger partial charge in [0.2, 0.25) is 17.7 Å². The number of ether oxygens (including phenoxy) is 1. The topological polar surface area (TPSA) is 84.0 Å². The largest absolute Gasteiger partial charge is 0.426 e. The van der Waals surface area contributed by atoms with Crippen LogP contribution in [-0.4, -0.2) is 30.2 Å². The maximum atomic E-state index is 12.9. The molecular formula is C27H26N2O5. The van der Waals surface area contributed by atoms with E-state index >= 15 is 0 Å². The van der Waals surface area contributed by atoms with Crippen LogP contribution in [0.4, 0.5) is 11.4 Å². The molecule has 1 aliphatic carbocycles. The van der Waals surface area contributed by atoms with Crippen LogP contribution < -0.4 is 14.5 Å². The van der Waals surface area contributed by atoms with Gasteiger partial charge in [-0.25, -0.2) is 4.90 Å². The molecule has 7 nitrogen and oxygen atoms in total. The highest BCUT2D eigenvalue weighted by molar-refractivity contribution is 6.22. The first-order valence-electron chi connectivity index (χ1n) is 11.6. The molecule has 2 aromatic rings. The number of carbonyl (C=O) groups is 4. The first-order chi connectivity index (χ1) is 16.3. The van der Waals surface area contributed by atoms with Crippen LogP contribution >= 0.6 is 0 Å². The Balaban J connectivity index is 1.31. The van der Waals surface area contributed by atoms with Crippen LogP contribution in [0.15, 0.2) is 54.6 Å². The average Bonchev–Trinajstić information content (AvgIpc) is 3.32. The molecule has 34 heavy (non-hydrogen) atoms. The molecule has 3 aliphatic rings. The summed E-state index contributed by atoms with van der Waals surface area (Å²) in [4.78, 5) is 54.2. The molecule has 7 heteroatoms. The lowest BCUT2D eigenvalue weighted by molar-refractivity contribution is -0.139. The Hall–Kier alpha value is -3.74. The standard InChI is InChI=1S/C27H26N2O5/c1-16-7-5-8-17(2)24(16)28-15-18(13-23(28)30)27(33)34-20-10-6-9-19(14-20)29-25(31)21-11-3-4-12-22(21)26(29)32/h3-10,14,18,21-22H,11-13,15H2,1-2H3/t18-,21-,22-/m1/s1. The monoisotopic (exact) mass is 458 g/mol. The first-order valence-corrected chi connectivity index (χ1v) is 11.6. The first kappa shape index (κ1) is 22.1. The van der Waals surface area contributed by atoms with Crippen LogP contribution in [-0.2, 0) is 19.2 Å². The quantitative estimate of drug-likeness (QED) is 0.302. The molecule has 174 valence electrons. The number of para-hydroxylation sites is 1. The Kier molecular flexibility index (Phi) is 5.55. The summed E-state index contributed by atoms with van der Waals surface area (Å²) >= 11 is 0. The summed E-state index contributed by atoms with van der Waals surface area (Å²) in [5.41, 5.74) is 3.19. The van der Waals surface area contributed by atoms with E-state index in [1.807, 2.05) is 44.2 Å². The zero-order valence-electron chi connectivity index (χ0n) is 19.2. The van der Waals surface area contributed by atoms with Crippen LogP contribution in [0.2, 0.25) is 0 Å². The van der Waals surface area contributed by atoms with Crippen molar-refractivity contribution in [3.05, 3.63) is 65.7 Å². The number of rotatable bonds is 4. The van der Waals surface area contributed by atoms with E-state index in [1.165, 1.54) is 4.90 Å². The number of anilines is 2. The number of esters is 1. The van der Waals surface area contributed by atoms with Crippen molar-refractivity contribution in [1.29, 1.82) is 0 Å². The second-order valence-electron chi connectivity index (χ2n) is 9.23. The number of hydrogen-bond donors (Lipinski definition) is 0. The third kappa shape index (κ3) is 3.71. The van der Waals surface area contributed by atoms with Gasteiger partial charge in [-0.05, 0) is 49.9 Å². The van der Waals surface area contributed by atoms with E-state index in [9.17, 15) is 19.2 Å². The minimum absolute atomic E-state index is 0.0752. The third-order valence-corrected chi connectivity index (χ3v) is 6.97. The Morgan fingerprint density at radius 1 is 0.912 bits per heavy atom. The molecule has 0 saturated carbocycles. The van der Waals surface area contributed by atoms with Gasteiger partial charge in [0.15, 0.2) is 0 Å². The van der Waals surface area contributed by atoms with Crippen LogP contribution in [0.5, 0.6) is 5.75 Å². The molecule has 2 heterocycles. The number of imide groups is 1. The number of fused-ring (bicyclic) bond motifs is 1. The van der Waals surface area contributed by atoms with Gasteiger partial charge in [-0.2, -0.15) is 0 Å². The summed E-state index contributed by atoms with van der Waals surface area (Å²) in [6.45, 7) is 4.14. The minimum atomic E-state index is -0.598. The number of benzene rings is 2. The number of nitrogens with zero attached hydrogens (tertiary/aromatic N) is 2. The number of allylic oxidation sites excluding steroid dienone is 2. The van der Waals surface area contributed by atoms with Gasteiger partial charge in [0.25, 0.3) is 0 Å². The molecular weight excluding hydrogens is 432 g/mol. The van der Waals surface area contributed by atoms with Gasteiger partial charge < -0.3 is 9.64 Å². The summed E-state index contributed by atoms with van der Waals surface area (Å²) in [6.07, 6.45) is 5.09. The summed E-state index contributed by atoms with van der Waals surface area (Å²) in [5, 5.41) is 0. The Bertz CT molecular complexity index is 1190. The smallest absolute Gasteiger partial charge is 0.316 e. The van der Waals surface area contributed by atoms with Crippen LogP contribution in [0.3, 0.4) is 0 Å². The predicted molar refractivity (Wildman–Crippen MR) is 126 cm³/mol. The minimum Gasteiger partial charge on any atom is -0.426 e. The van der Waals surface area contributed by atoms with Crippen molar-refractivity contribution in [2.24, 2.45) is 17.8 Å². The summed E-state index contributed by atoms with van der Waals surface area (Å²) in [7, 11) is 0. The van der Waals surface area contributed by atoms with Gasteiger partial charge in [-0.15, -0.1) is 0 Å². The SMILES string of the molecule is Cc1cccc(C)c1N1C[C@H](C(=O)Oc2cccc(N3C(=O)[C@@H]4CC=CC[C@H]4C3=O)c2)CC1=O. The van der Waals surface area contributed by atoms with E-state index in [-0.39, 0.29) is 48.3 Å². The van der Waals surface area contributed by atoms with Gasteiger partial charge in [0.05, 0.1) is 23.4 Å². The van der Waals surface area contributed by atoms with Crippen molar-refractivity contribution in [2.75, 3.05) is 16.3 Å². The van der Waals surface area contributed by atoms with E-state index < -0.39 is 11.9 Å².